The Bertz CT molecular complexity index is 1160. The predicted octanol–water partition coefficient (Wildman–Crippen LogP) is 9.32. The molecule has 0 unspecified atom stereocenters. The van der Waals surface area contributed by atoms with Gasteiger partial charge in [-0.05, 0) is 40.4 Å². The number of thioether (sulfide) groups is 1. The Balaban J connectivity index is 1.69. The Morgan fingerprint density at radius 2 is 1.05 bits per heavy atom. The van der Waals surface area contributed by atoms with Crippen molar-refractivity contribution in [1.82, 2.24) is 0 Å². The number of hydrogen-bond acceptors (Lipinski definition) is 3. The van der Waals surface area contributed by atoms with Gasteiger partial charge in [0.15, 0.2) is 8.32 Å². The van der Waals surface area contributed by atoms with Crippen molar-refractivity contribution in [2.24, 2.45) is 0 Å². The number of rotatable bonds is 12. The highest BCUT2D eigenvalue weighted by atomic mass is 32.2. The smallest absolute Gasteiger partial charge is 0.192 e. The Hall–Kier alpha value is -2.63. The van der Waals surface area contributed by atoms with E-state index in [0.717, 1.165) is 5.75 Å². The molecule has 0 bridgehead atoms. The monoisotopic (exact) mass is 554 g/mol. The van der Waals surface area contributed by atoms with Gasteiger partial charge in [-0.3, -0.25) is 0 Å². The molecule has 39 heavy (non-hydrogen) atoms. The summed E-state index contributed by atoms with van der Waals surface area (Å²) in [5.41, 5.74) is 4.97. The summed E-state index contributed by atoms with van der Waals surface area (Å²) >= 11 is 1.94. The van der Waals surface area contributed by atoms with E-state index in [0.29, 0.717) is 13.2 Å². The Morgan fingerprint density at radius 1 is 0.641 bits per heavy atom. The van der Waals surface area contributed by atoms with E-state index in [9.17, 15) is 0 Å². The molecule has 0 spiro atoms. The van der Waals surface area contributed by atoms with Crippen molar-refractivity contribution >= 4 is 20.1 Å². The van der Waals surface area contributed by atoms with Crippen molar-refractivity contribution in [3.05, 3.63) is 144 Å². The normalized spacial score (nSPS) is 13.3. The van der Waals surface area contributed by atoms with Gasteiger partial charge >= 0.3 is 0 Å². The highest BCUT2D eigenvalue weighted by molar-refractivity contribution is 8.00. The Labute approximate surface area is 240 Å². The molecule has 4 aromatic carbocycles. The van der Waals surface area contributed by atoms with Crippen molar-refractivity contribution in [3.8, 4) is 0 Å². The fourth-order valence-corrected chi connectivity index (χ4v) is 7.01. The van der Waals surface area contributed by atoms with Crippen molar-refractivity contribution < 1.29 is 9.16 Å². The highest BCUT2D eigenvalue weighted by Crippen LogP contribution is 2.49. The van der Waals surface area contributed by atoms with Crippen LogP contribution in [0.15, 0.2) is 121 Å². The minimum atomic E-state index is -1.93. The minimum Gasteiger partial charge on any atom is -0.414 e. The third-order valence-corrected chi connectivity index (χ3v) is 14.0. The highest BCUT2D eigenvalue weighted by Gasteiger charge is 2.40. The maximum Gasteiger partial charge on any atom is 0.192 e. The summed E-state index contributed by atoms with van der Waals surface area (Å²) in [6.07, 6.45) is -0.0557. The summed E-state index contributed by atoms with van der Waals surface area (Å²) in [7, 11) is -1.93. The zero-order valence-corrected chi connectivity index (χ0v) is 25.8. The van der Waals surface area contributed by atoms with Gasteiger partial charge in [0.2, 0.25) is 0 Å². The van der Waals surface area contributed by atoms with E-state index >= 15 is 0 Å². The van der Waals surface area contributed by atoms with E-state index in [2.05, 4.69) is 149 Å². The zero-order valence-electron chi connectivity index (χ0n) is 24.0. The van der Waals surface area contributed by atoms with Crippen molar-refractivity contribution in [3.63, 3.8) is 0 Å². The second kappa shape index (κ2) is 13.1. The lowest BCUT2D eigenvalue weighted by atomic mass is 9.84. The summed E-state index contributed by atoms with van der Waals surface area (Å²) in [5, 5.41) is 0.145. The second-order valence-electron chi connectivity index (χ2n) is 11.6. The first-order chi connectivity index (χ1) is 18.7. The van der Waals surface area contributed by atoms with Crippen LogP contribution in [0.1, 0.15) is 43.0 Å². The quantitative estimate of drug-likeness (QED) is 0.128. The molecular formula is C35H42O2SSi. The van der Waals surface area contributed by atoms with Crippen LogP contribution >= 0.6 is 11.8 Å². The van der Waals surface area contributed by atoms with Crippen LogP contribution in [0.2, 0.25) is 18.1 Å². The molecule has 2 nitrogen and oxygen atoms in total. The largest absolute Gasteiger partial charge is 0.414 e. The second-order valence-corrected chi connectivity index (χ2v) is 17.6. The van der Waals surface area contributed by atoms with E-state index in [4.69, 9.17) is 9.16 Å². The third-order valence-electron chi connectivity index (χ3n) is 7.79. The van der Waals surface area contributed by atoms with Gasteiger partial charge in [0.25, 0.3) is 0 Å². The fourth-order valence-electron chi connectivity index (χ4n) is 4.44. The van der Waals surface area contributed by atoms with E-state index in [-0.39, 0.29) is 15.9 Å². The van der Waals surface area contributed by atoms with Crippen molar-refractivity contribution in [2.45, 2.75) is 56.4 Å². The van der Waals surface area contributed by atoms with Gasteiger partial charge in [0, 0.05) is 5.75 Å². The van der Waals surface area contributed by atoms with E-state index < -0.39 is 8.32 Å². The van der Waals surface area contributed by atoms with E-state index in [1.165, 1.54) is 22.3 Å². The molecule has 0 aliphatic carbocycles. The van der Waals surface area contributed by atoms with Crippen LogP contribution in [-0.2, 0) is 20.5 Å². The molecule has 0 saturated carbocycles. The van der Waals surface area contributed by atoms with Gasteiger partial charge in [-0.15, -0.1) is 11.8 Å². The molecule has 0 aliphatic heterocycles. The molecular weight excluding hydrogens is 513 g/mol. The van der Waals surface area contributed by atoms with Crippen molar-refractivity contribution in [1.29, 1.82) is 0 Å². The molecule has 0 heterocycles. The van der Waals surface area contributed by atoms with Crippen LogP contribution in [0.3, 0.4) is 0 Å². The molecule has 0 saturated heterocycles. The average Bonchev–Trinajstić information content (AvgIpc) is 2.96. The average molecular weight is 555 g/mol. The lowest BCUT2D eigenvalue weighted by molar-refractivity contribution is 0.0207. The molecule has 0 amide bonds. The molecule has 1 atom stereocenters. The Morgan fingerprint density at radius 3 is 1.46 bits per heavy atom. The van der Waals surface area contributed by atoms with Gasteiger partial charge in [0.1, 0.15) is 0 Å². The Kier molecular flexibility index (Phi) is 9.89. The molecule has 4 rings (SSSR count). The number of ether oxygens (including phenoxy) is 1. The molecule has 204 valence electrons. The summed E-state index contributed by atoms with van der Waals surface area (Å²) in [4.78, 5) is 0. The van der Waals surface area contributed by atoms with Crippen LogP contribution in [0.4, 0.5) is 0 Å². The zero-order chi connectivity index (χ0) is 27.8. The van der Waals surface area contributed by atoms with Crippen LogP contribution in [-0.4, -0.2) is 26.8 Å². The third kappa shape index (κ3) is 7.32. The first kappa shape index (κ1) is 29.4. The fraction of sp³-hybridized carbons (Fsp3) is 0.314. The predicted molar refractivity (Wildman–Crippen MR) is 170 cm³/mol. The first-order valence-electron chi connectivity index (χ1n) is 13.8. The SMILES string of the molecule is CC(C)(C)[Si](C)(C)OC[C@@H](CSC(c1ccccc1)(c1ccccc1)c1ccccc1)OCc1ccccc1. The summed E-state index contributed by atoms with van der Waals surface area (Å²) < 4.78 is 13.0. The topological polar surface area (TPSA) is 18.5 Å². The lowest BCUT2D eigenvalue weighted by Gasteiger charge is -2.39. The summed E-state index contributed by atoms with van der Waals surface area (Å²) in [5.74, 6) is 0.792. The molecule has 0 fully saturated rings. The van der Waals surface area contributed by atoms with E-state index in [1.54, 1.807) is 0 Å². The van der Waals surface area contributed by atoms with E-state index in [1.807, 2.05) is 17.8 Å². The first-order valence-corrected chi connectivity index (χ1v) is 17.7. The summed E-state index contributed by atoms with van der Waals surface area (Å²) in [6.45, 7) is 12.7. The maximum atomic E-state index is 6.73. The molecule has 0 aromatic heterocycles. The summed E-state index contributed by atoms with van der Waals surface area (Å²) in [6, 6.07) is 43.0. The standard InChI is InChI=1S/C35H42O2SSi/c1-34(2,3)39(4,5)37-27-33(36-26-29-18-10-6-11-19-29)28-38-35(30-20-12-7-13-21-30,31-22-14-8-15-23-31)32-24-16-9-17-25-32/h6-25,33H,26-28H2,1-5H3/t33-/m0/s1. The van der Waals surface area contributed by atoms with Crippen LogP contribution < -0.4 is 0 Å². The van der Waals surface area contributed by atoms with Crippen LogP contribution in [0.5, 0.6) is 0 Å². The van der Waals surface area contributed by atoms with Crippen molar-refractivity contribution in [2.75, 3.05) is 12.4 Å². The maximum absolute atomic E-state index is 6.73. The molecule has 0 aliphatic rings. The molecule has 4 heteroatoms. The lowest BCUT2D eigenvalue weighted by Crippen LogP contribution is -2.43. The number of benzene rings is 4. The van der Waals surface area contributed by atoms with Gasteiger partial charge in [0.05, 0.1) is 24.1 Å². The minimum absolute atomic E-state index is 0.0557. The van der Waals surface area contributed by atoms with Gasteiger partial charge in [-0.25, -0.2) is 0 Å². The molecule has 4 aromatic rings. The van der Waals surface area contributed by atoms with Gasteiger partial charge in [-0.1, -0.05) is 142 Å². The number of hydrogen-bond donors (Lipinski definition) is 0. The van der Waals surface area contributed by atoms with Gasteiger partial charge < -0.3 is 9.16 Å². The molecule has 0 N–H and O–H groups in total. The van der Waals surface area contributed by atoms with Crippen LogP contribution in [0, 0.1) is 0 Å². The molecule has 0 radical (unpaired) electrons. The van der Waals surface area contributed by atoms with Gasteiger partial charge in [-0.2, -0.15) is 0 Å². The van der Waals surface area contributed by atoms with Crippen LogP contribution in [0.25, 0.3) is 0 Å².